The quantitative estimate of drug-likeness (QED) is 0.602. The van der Waals surface area contributed by atoms with Crippen LogP contribution in [0.15, 0.2) is 0 Å². The SMILES string of the molecule is CC(C)[C@H](N)C#CC1CC1.Cl. The second kappa shape index (κ2) is 4.64. The summed E-state index contributed by atoms with van der Waals surface area (Å²) in [6.45, 7) is 4.21. The summed E-state index contributed by atoms with van der Waals surface area (Å²) in [5.41, 5.74) is 5.72. The fraction of sp³-hybridized carbons (Fsp3) is 0.778. The van der Waals surface area contributed by atoms with E-state index in [1.807, 2.05) is 0 Å². The van der Waals surface area contributed by atoms with Crippen molar-refractivity contribution in [2.45, 2.75) is 32.7 Å². The van der Waals surface area contributed by atoms with Crippen molar-refractivity contribution in [3.63, 3.8) is 0 Å². The van der Waals surface area contributed by atoms with Crippen molar-refractivity contribution in [1.82, 2.24) is 0 Å². The molecule has 0 aromatic carbocycles. The van der Waals surface area contributed by atoms with Crippen LogP contribution in [0.5, 0.6) is 0 Å². The Bertz CT molecular complexity index is 162. The third kappa shape index (κ3) is 4.29. The molecule has 1 aliphatic carbocycles. The average Bonchev–Trinajstić information content (AvgIpc) is 2.64. The molecule has 0 spiro atoms. The second-order valence-corrected chi connectivity index (χ2v) is 3.33. The zero-order valence-corrected chi connectivity index (χ0v) is 7.95. The zero-order valence-electron chi connectivity index (χ0n) is 7.13. The first-order chi connectivity index (χ1) is 4.70. The van der Waals surface area contributed by atoms with Gasteiger partial charge in [-0.3, -0.25) is 0 Å². The van der Waals surface area contributed by atoms with Gasteiger partial charge in [0.2, 0.25) is 0 Å². The van der Waals surface area contributed by atoms with Gasteiger partial charge in [-0.15, -0.1) is 12.4 Å². The summed E-state index contributed by atoms with van der Waals surface area (Å²) in [7, 11) is 0. The van der Waals surface area contributed by atoms with Gasteiger partial charge in [-0.05, 0) is 18.8 Å². The Balaban J connectivity index is 0.000001000. The number of hydrogen-bond donors (Lipinski definition) is 1. The van der Waals surface area contributed by atoms with Gasteiger partial charge >= 0.3 is 0 Å². The molecule has 1 aliphatic rings. The minimum Gasteiger partial charge on any atom is -0.317 e. The Kier molecular flexibility index (Phi) is 4.56. The normalized spacial score (nSPS) is 18.2. The molecule has 0 aromatic heterocycles. The Morgan fingerprint density at radius 2 is 1.91 bits per heavy atom. The van der Waals surface area contributed by atoms with E-state index < -0.39 is 0 Å². The van der Waals surface area contributed by atoms with Gasteiger partial charge in [0.05, 0.1) is 6.04 Å². The molecule has 2 heteroatoms. The minimum atomic E-state index is 0. The first kappa shape index (κ1) is 10.8. The molecule has 0 heterocycles. The van der Waals surface area contributed by atoms with Crippen LogP contribution in [0.1, 0.15) is 26.7 Å². The van der Waals surface area contributed by atoms with Gasteiger partial charge in [0.25, 0.3) is 0 Å². The predicted molar refractivity (Wildman–Crippen MR) is 50.6 cm³/mol. The van der Waals surface area contributed by atoms with Crippen LogP contribution in [-0.4, -0.2) is 6.04 Å². The predicted octanol–water partition coefficient (Wildman–Crippen LogP) is 1.80. The fourth-order valence-electron chi connectivity index (χ4n) is 0.608. The molecule has 11 heavy (non-hydrogen) atoms. The van der Waals surface area contributed by atoms with E-state index in [9.17, 15) is 0 Å². The lowest BCUT2D eigenvalue weighted by Gasteiger charge is -2.06. The van der Waals surface area contributed by atoms with Crippen molar-refractivity contribution < 1.29 is 0 Å². The summed E-state index contributed by atoms with van der Waals surface area (Å²) in [6, 6.07) is 0.0839. The molecular formula is C9H16ClN. The molecule has 0 bridgehead atoms. The molecule has 1 atom stereocenters. The molecule has 0 saturated heterocycles. The molecule has 1 rings (SSSR count). The maximum absolute atomic E-state index is 5.72. The van der Waals surface area contributed by atoms with Crippen LogP contribution in [-0.2, 0) is 0 Å². The van der Waals surface area contributed by atoms with Crippen molar-refractivity contribution in [3.05, 3.63) is 0 Å². The van der Waals surface area contributed by atoms with Gasteiger partial charge in [0, 0.05) is 5.92 Å². The van der Waals surface area contributed by atoms with E-state index in [4.69, 9.17) is 5.73 Å². The molecule has 2 N–H and O–H groups in total. The van der Waals surface area contributed by atoms with E-state index >= 15 is 0 Å². The van der Waals surface area contributed by atoms with E-state index in [2.05, 4.69) is 25.7 Å². The second-order valence-electron chi connectivity index (χ2n) is 3.33. The molecule has 0 unspecified atom stereocenters. The lowest BCUT2D eigenvalue weighted by molar-refractivity contribution is 0.584. The van der Waals surface area contributed by atoms with Crippen molar-refractivity contribution >= 4 is 12.4 Å². The fourth-order valence-corrected chi connectivity index (χ4v) is 0.608. The van der Waals surface area contributed by atoms with E-state index in [-0.39, 0.29) is 18.4 Å². The van der Waals surface area contributed by atoms with Crippen LogP contribution < -0.4 is 5.73 Å². The molecule has 1 saturated carbocycles. The summed E-state index contributed by atoms with van der Waals surface area (Å²) in [4.78, 5) is 0. The number of halogens is 1. The highest BCUT2D eigenvalue weighted by Crippen LogP contribution is 2.27. The Hall–Kier alpha value is -0.190. The van der Waals surface area contributed by atoms with Crippen LogP contribution in [0.3, 0.4) is 0 Å². The average molecular weight is 174 g/mol. The third-order valence-electron chi connectivity index (χ3n) is 1.75. The molecule has 0 radical (unpaired) electrons. The Morgan fingerprint density at radius 1 is 1.36 bits per heavy atom. The summed E-state index contributed by atoms with van der Waals surface area (Å²) in [6.07, 6.45) is 2.58. The van der Waals surface area contributed by atoms with Crippen LogP contribution in [0.4, 0.5) is 0 Å². The van der Waals surface area contributed by atoms with E-state index in [1.54, 1.807) is 0 Å². The minimum absolute atomic E-state index is 0. The maximum atomic E-state index is 5.72. The topological polar surface area (TPSA) is 26.0 Å². The summed E-state index contributed by atoms with van der Waals surface area (Å²) >= 11 is 0. The molecule has 0 amide bonds. The van der Waals surface area contributed by atoms with E-state index in [0.29, 0.717) is 11.8 Å². The largest absolute Gasteiger partial charge is 0.317 e. The first-order valence-electron chi connectivity index (χ1n) is 3.97. The van der Waals surface area contributed by atoms with Gasteiger partial charge in [0.15, 0.2) is 0 Å². The van der Waals surface area contributed by atoms with Gasteiger partial charge in [-0.2, -0.15) is 0 Å². The first-order valence-corrected chi connectivity index (χ1v) is 3.97. The van der Waals surface area contributed by atoms with Crippen molar-refractivity contribution in [2.75, 3.05) is 0 Å². The Labute approximate surface area is 75.1 Å². The van der Waals surface area contributed by atoms with Crippen LogP contribution >= 0.6 is 12.4 Å². The summed E-state index contributed by atoms with van der Waals surface area (Å²) in [5.74, 6) is 7.41. The molecular weight excluding hydrogens is 158 g/mol. The zero-order chi connectivity index (χ0) is 7.56. The lowest BCUT2D eigenvalue weighted by Crippen LogP contribution is -2.23. The highest BCUT2D eigenvalue weighted by molar-refractivity contribution is 5.85. The summed E-state index contributed by atoms with van der Waals surface area (Å²) in [5, 5.41) is 0. The van der Waals surface area contributed by atoms with Crippen LogP contribution in [0.25, 0.3) is 0 Å². The van der Waals surface area contributed by atoms with Crippen molar-refractivity contribution in [3.8, 4) is 11.8 Å². The van der Waals surface area contributed by atoms with Gasteiger partial charge in [0.1, 0.15) is 0 Å². The molecule has 1 nitrogen and oxygen atoms in total. The van der Waals surface area contributed by atoms with Gasteiger partial charge in [-0.25, -0.2) is 0 Å². The van der Waals surface area contributed by atoms with Crippen molar-refractivity contribution in [2.24, 2.45) is 17.6 Å². The molecule has 0 aromatic rings. The lowest BCUT2D eigenvalue weighted by atomic mass is 10.1. The Morgan fingerprint density at radius 3 is 2.27 bits per heavy atom. The van der Waals surface area contributed by atoms with Crippen molar-refractivity contribution in [1.29, 1.82) is 0 Å². The van der Waals surface area contributed by atoms with Crippen LogP contribution in [0, 0.1) is 23.7 Å². The van der Waals surface area contributed by atoms with Gasteiger partial charge < -0.3 is 5.73 Å². The maximum Gasteiger partial charge on any atom is 0.0687 e. The number of hydrogen-bond acceptors (Lipinski definition) is 1. The highest BCUT2D eigenvalue weighted by Gasteiger charge is 2.18. The molecule has 1 fully saturated rings. The summed E-state index contributed by atoms with van der Waals surface area (Å²) < 4.78 is 0. The number of nitrogens with two attached hydrogens (primary N) is 1. The standard InChI is InChI=1S/C9H15N.ClH/c1-7(2)9(10)6-5-8-3-4-8;/h7-9H,3-4,10H2,1-2H3;1H/t9-;/m1./s1. The van der Waals surface area contributed by atoms with E-state index in [1.165, 1.54) is 12.8 Å². The number of rotatable bonds is 1. The van der Waals surface area contributed by atoms with Gasteiger partial charge in [-0.1, -0.05) is 25.7 Å². The van der Waals surface area contributed by atoms with E-state index in [0.717, 1.165) is 0 Å². The third-order valence-corrected chi connectivity index (χ3v) is 1.75. The smallest absolute Gasteiger partial charge is 0.0687 e. The highest BCUT2D eigenvalue weighted by atomic mass is 35.5. The van der Waals surface area contributed by atoms with Crippen LogP contribution in [0.2, 0.25) is 0 Å². The molecule has 0 aliphatic heterocycles. The molecule has 64 valence electrons. The monoisotopic (exact) mass is 173 g/mol.